The number of aryl methyl sites for hydroxylation is 2. The highest BCUT2D eigenvalue weighted by Crippen LogP contribution is 2.06. The van der Waals surface area contributed by atoms with E-state index in [0.717, 1.165) is 18.8 Å². The maximum Gasteiger partial charge on any atom is 0.0597 e. The fraction of sp³-hybridized carbons (Fsp3) is 0.727. The molecule has 0 saturated heterocycles. The third-order valence-corrected chi connectivity index (χ3v) is 2.21. The maximum absolute atomic E-state index is 4.33. The minimum Gasteiger partial charge on any atom is -0.300 e. The number of aromatic nitrogens is 2. The molecule has 0 amide bonds. The minimum atomic E-state index is 0.717. The van der Waals surface area contributed by atoms with Gasteiger partial charge in [0, 0.05) is 20.1 Å². The van der Waals surface area contributed by atoms with E-state index in [1.54, 1.807) is 0 Å². The molecule has 0 spiro atoms. The highest BCUT2D eigenvalue weighted by Gasteiger charge is 2.06. The molecule has 0 atom stereocenters. The van der Waals surface area contributed by atoms with E-state index in [4.69, 9.17) is 0 Å². The number of nitrogens with zero attached hydrogens (tertiary/aromatic N) is 3. The van der Waals surface area contributed by atoms with Gasteiger partial charge in [-0.3, -0.25) is 4.68 Å². The van der Waals surface area contributed by atoms with Gasteiger partial charge < -0.3 is 4.90 Å². The quantitative estimate of drug-likeness (QED) is 0.730. The Labute approximate surface area is 86.7 Å². The van der Waals surface area contributed by atoms with Crippen LogP contribution in [0.3, 0.4) is 0 Å². The smallest absolute Gasteiger partial charge is 0.0597 e. The summed E-state index contributed by atoms with van der Waals surface area (Å²) in [5.74, 6) is 0.717. The van der Waals surface area contributed by atoms with Crippen LogP contribution in [-0.2, 0) is 13.6 Å². The lowest BCUT2D eigenvalue weighted by Crippen LogP contribution is -2.23. The lowest BCUT2D eigenvalue weighted by molar-refractivity contribution is 0.281. The Bertz CT molecular complexity index is 289. The minimum absolute atomic E-state index is 0.717. The molecule has 0 aliphatic rings. The van der Waals surface area contributed by atoms with E-state index in [1.165, 1.54) is 5.69 Å². The third kappa shape index (κ3) is 3.14. The molecule has 0 N–H and O–H groups in total. The molecule has 80 valence electrons. The Morgan fingerprint density at radius 2 is 2.14 bits per heavy atom. The molecule has 3 nitrogen and oxygen atoms in total. The van der Waals surface area contributed by atoms with Gasteiger partial charge in [0.25, 0.3) is 0 Å². The molecule has 0 aliphatic carbocycles. The van der Waals surface area contributed by atoms with Crippen LogP contribution in [0.15, 0.2) is 6.07 Å². The Hall–Kier alpha value is -0.830. The first-order valence-electron chi connectivity index (χ1n) is 5.17. The second kappa shape index (κ2) is 4.60. The highest BCUT2D eigenvalue weighted by atomic mass is 15.3. The van der Waals surface area contributed by atoms with Gasteiger partial charge >= 0.3 is 0 Å². The zero-order valence-corrected chi connectivity index (χ0v) is 9.91. The van der Waals surface area contributed by atoms with E-state index in [1.807, 2.05) is 18.7 Å². The molecule has 14 heavy (non-hydrogen) atoms. The largest absolute Gasteiger partial charge is 0.300 e. The molecule has 0 aromatic carbocycles. The van der Waals surface area contributed by atoms with Crippen LogP contribution in [0.5, 0.6) is 0 Å². The van der Waals surface area contributed by atoms with Crippen molar-refractivity contribution in [3.05, 3.63) is 17.5 Å². The normalized spacial score (nSPS) is 11.6. The first kappa shape index (κ1) is 11.2. The topological polar surface area (TPSA) is 21.1 Å². The molecule has 0 unspecified atom stereocenters. The second-order valence-corrected chi connectivity index (χ2v) is 4.49. The van der Waals surface area contributed by atoms with Gasteiger partial charge in [0.1, 0.15) is 0 Å². The Morgan fingerprint density at radius 1 is 1.50 bits per heavy atom. The molecular formula is C11H21N3. The Kier molecular flexibility index (Phi) is 3.69. The van der Waals surface area contributed by atoms with E-state index < -0.39 is 0 Å². The molecule has 0 fully saturated rings. The van der Waals surface area contributed by atoms with Crippen LogP contribution in [-0.4, -0.2) is 28.3 Å². The van der Waals surface area contributed by atoms with E-state index in [-0.39, 0.29) is 0 Å². The third-order valence-electron chi connectivity index (χ3n) is 2.21. The van der Waals surface area contributed by atoms with Crippen LogP contribution in [0.4, 0.5) is 0 Å². The first-order valence-corrected chi connectivity index (χ1v) is 5.17. The van der Waals surface area contributed by atoms with Crippen LogP contribution in [0, 0.1) is 12.8 Å². The molecule has 1 aromatic heterocycles. The van der Waals surface area contributed by atoms with Crippen molar-refractivity contribution >= 4 is 0 Å². The maximum atomic E-state index is 4.33. The van der Waals surface area contributed by atoms with Crippen LogP contribution < -0.4 is 0 Å². The van der Waals surface area contributed by atoms with E-state index in [2.05, 4.69) is 37.0 Å². The Morgan fingerprint density at radius 3 is 2.57 bits per heavy atom. The van der Waals surface area contributed by atoms with E-state index in [0.29, 0.717) is 5.92 Å². The zero-order valence-electron chi connectivity index (χ0n) is 9.91. The van der Waals surface area contributed by atoms with Gasteiger partial charge in [0.05, 0.1) is 11.4 Å². The molecule has 0 saturated carbocycles. The van der Waals surface area contributed by atoms with Gasteiger partial charge in [0.15, 0.2) is 0 Å². The van der Waals surface area contributed by atoms with Gasteiger partial charge in [-0.1, -0.05) is 13.8 Å². The van der Waals surface area contributed by atoms with Crippen molar-refractivity contribution in [2.24, 2.45) is 13.0 Å². The summed E-state index contributed by atoms with van der Waals surface area (Å²) in [5, 5.41) is 4.33. The molecular weight excluding hydrogens is 174 g/mol. The van der Waals surface area contributed by atoms with Crippen LogP contribution in [0.1, 0.15) is 25.2 Å². The van der Waals surface area contributed by atoms with Crippen LogP contribution in [0.2, 0.25) is 0 Å². The summed E-state index contributed by atoms with van der Waals surface area (Å²) in [6, 6.07) is 2.15. The van der Waals surface area contributed by atoms with Crippen molar-refractivity contribution in [3.63, 3.8) is 0 Å². The number of hydrogen-bond donors (Lipinski definition) is 0. The average molecular weight is 195 g/mol. The summed E-state index contributed by atoms with van der Waals surface area (Å²) >= 11 is 0. The molecule has 1 heterocycles. The fourth-order valence-corrected chi connectivity index (χ4v) is 1.78. The average Bonchev–Trinajstić information content (AvgIpc) is 2.28. The fourth-order valence-electron chi connectivity index (χ4n) is 1.78. The lowest BCUT2D eigenvalue weighted by Gasteiger charge is -2.18. The number of hydrogen-bond acceptors (Lipinski definition) is 2. The first-order chi connectivity index (χ1) is 6.49. The molecule has 1 aromatic rings. The molecule has 0 aliphatic heterocycles. The standard InChI is InChI=1S/C11H21N3/c1-9(2)7-13(4)8-11-6-10(3)12-14(11)5/h6,9H,7-8H2,1-5H3. The SMILES string of the molecule is Cc1cc(CN(C)CC(C)C)n(C)n1. The monoisotopic (exact) mass is 195 g/mol. The summed E-state index contributed by atoms with van der Waals surface area (Å²) in [6.07, 6.45) is 0. The van der Waals surface area contributed by atoms with E-state index in [9.17, 15) is 0 Å². The summed E-state index contributed by atoms with van der Waals surface area (Å²) in [4.78, 5) is 2.33. The molecule has 1 rings (SSSR count). The van der Waals surface area contributed by atoms with Crippen LogP contribution in [0.25, 0.3) is 0 Å². The molecule has 3 heteroatoms. The van der Waals surface area contributed by atoms with Crippen molar-refractivity contribution in [3.8, 4) is 0 Å². The van der Waals surface area contributed by atoms with Gasteiger partial charge in [-0.25, -0.2) is 0 Å². The van der Waals surface area contributed by atoms with Crippen molar-refractivity contribution < 1.29 is 0 Å². The van der Waals surface area contributed by atoms with Gasteiger partial charge in [-0.05, 0) is 26.0 Å². The summed E-state index contributed by atoms with van der Waals surface area (Å²) in [5.41, 5.74) is 2.38. The van der Waals surface area contributed by atoms with Gasteiger partial charge in [-0.15, -0.1) is 0 Å². The summed E-state index contributed by atoms with van der Waals surface area (Å²) in [6.45, 7) is 8.63. The van der Waals surface area contributed by atoms with Crippen molar-refractivity contribution in [1.29, 1.82) is 0 Å². The van der Waals surface area contributed by atoms with Crippen LogP contribution >= 0.6 is 0 Å². The van der Waals surface area contributed by atoms with Gasteiger partial charge in [0.2, 0.25) is 0 Å². The van der Waals surface area contributed by atoms with Crippen molar-refractivity contribution in [1.82, 2.24) is 14.7 Å². The zero-order chi connectivity index (χ0) is 10.7. The highest BCUT2D eigenvalue weighted by molar-refractivity contribution is 5.08. The Balaban J connectivity index is 2.55. The number of rotatable bonds is 4. The predicted octanol–water partition coefficient (Wildman–Crippen LogP) is 1.82. The molecule has 0 radical (unpaired) electrons. The van der Waals surface area contributed by atoms with Crippen molar-refractivity contribution in [2.45, 2.75) is 27.3 Å². The van der Waals surface area contributed by atoms with E-state index >= 15 is 0 Å². The lowest BCUT2D eigenvalue weighted by atomic mass is 10.2. The van der Waals surface area contributed by atoms with Crippen molar-refractivity contribution in [2.75, 3.05) is 13.6 Å². The summed E-state index contributed by atoms with van der Waals surface area (Å²) < 4.78 is 1.96. The second-order valence-electron chi connectivity index (χ2n) is 4.49. The molecule has 0 bridgehead atoms. The van der Waals surface area contributed by atoms with Gasteiger partial charge in [-0.2, -0.15) is 5.10 Å². The predicted molar refractivity (Wildman–Crippen MR) is 59.1 cm³/mol. The summed E-state index contributed by atoms with van der Waals surface area (Å²) in [7, 11) is 4.16.